The number of hydrogen-bond donors (Lipinski definition) is 1. The first-order valence-corrected chi connectivity index (χ1v) is 9.61. The molecule has 2 aromatic rings. The third kappa shape index (κ3) is 3.92. The molecule has 0 radical (unpaired) electrons. The van der Waals surface area contributed by atoms with Crippen molar-refractivity contribution >= 4 is 40.6 Å². The average Bonchev–Trinajstić information content (AvgIpc) is 2.58. The Bertz CT molecular complexity index is 838. The molecule has 1 N–H and O–H groups in total. The maximum absolute atomic E-state index is 13.5. The van der Waals surface area contributed by atoms with E-state index in [1.807, 2.05) is 43.3 Å². The molecule has 26 heavy (non-hydrogen) atoms. The second kappa shape index (κ2) is 7.87. The SMILES string of the molecule is CN(C)CC1(C(=O)Cc2ccc(Cl)c(Cl)c2)NCCc2ccc(Cl)cc21. The highest BCUT2D eigenvalue weighted by Gasteiger charge is 2.43. The summed E-state index contributed by atoms with van der Waals surface area (Å²) >= 11 is 18.4. The van der Waals surface area contributed by atoms with Crippen LogP contribution in [0.2, 0.25) is 15.1 Å². The van der Waals surface area contributed by atoms with Gasteiger partial charge in [-0.25, -0.2) is 0 Å². The molecule has 3 rings (SSSR count). The summed E-state index contributed by atoms with van der Waals surface area (Å²) in [5.74, 6) is 0.0906. The van der Waals surface area contributed by atoms with Gasteiger partial charge in [0.1, 0.15) is 5.54 Å². The Morgan fingerprint density at radius 2 is 1.88 bits per heavy atom. The molecule has 1 atom stereocenters. The highest BCUT2D eigenvalue weighted by atomic mass is 35.5. The number of halogens is 3. The van der Waals surface area contributed by atoms with Gasteiger partial charge in [0, 0.05) is 24.5 Å². The Morgan fingerprint density at radius 1 is 1.12 bits per heavy atom. The molecule has 0 aliphatic carbocycles. The minimum absolute atomic E-state index is 0.0906. The molecule has 0 amide bonds. The van der Waals surface area contributed by atoms with Gasteiger partial charge in [-0.2, -0.15) is 0 Å². The van der Waals surface area contributed by atoms with Crippen molar-refractivity contribution in [3.63, 3.8) is 0 Å². The van der Waals surface area contributed by atoms with Crippen molar-refractivity contribution in [3.8, 4) is 0 Å². The first-order chi connectivity index (χ1) is 12.3. The normalized spacial score (nSPS) is 19.5. The molecule has 3 nitrogen and oxygen atoms in total. The number of nitrogens with zero attached hydrogens (tertiary/aromatic N) is 1. The zero-order valence-corrected chi connectivity index (χ0v) is 17.0. The van der Waals surface area contributed by atoms with Gasteiger partial charge >= 0.3 is 0 Å². The Labute approximate surface area is 169 Å². The third-order valence-corrected chi connectivity index (χ3v) is 5.71. The number of hydrogen-bond acceptors (Lipinski definition) is 3. The molecule has 1 aliphatic rings. The highest BCUT2D eigenvalue weighted by molar-refractivity contribution is 6.42. The van der Waals surface area contributed by atoms with Crippen molar-refractivity contribution in [1.29, 1.82) is 0 Å². The molecule has 1 aliphatic heterocycles. The first kappa shape index (κ1) is 19.7. The number of carbonyl (C=O) groups is 1. The molecule has 0 bridgehead atoms. The summed E-state index contributed by atoms with van der Waals surface area (Å²) in [6, 6.07) is 11.2. The van der Waals surface area contributed by atoms with Crippen LogP contribution in [0.15, 0.2) is 36.4 Å². The minimum atomic E-state index is -0.798. The Morgan fingerprint density at radius 3 is 2.58 bits per heavy atom. The summed E-state index contributed by atoms with van der Waals surface area (Å²) < 4.78 is 0. The maximum Gasteiger partial charge on any atom is 0.163 e. The molecule has 0 fully saturated rings. The smallest absolute Gasteiger partial charge is 0.163 e. The van der Waals surface area contributed by atoms with Crippen LogP contribution in [0.5, 0.6) is 0 Å². The van der Waals surface area contributed by atoms with Crippen LogP contribution < -0.4 is 5.32 Å². The second-order valence-corrected chi connectivity index (χ2v) is 8.22. The summed E-state index contributed by atoms with van der Waals surface area (Å²) in [6.45, 7) is 1.30. The predicted octanol–water partition coefficient (Wildman–Crippen LogP) is 4.36. The van der Waals surface area contributed by atoms with Crippen LogP contribution in [0.3, 0.4) is 0 Å². The van der Waals surface area contributed by atoms with Gasteiger partial charge in [-0.3, -0.25) is 10.1 Å². The monoisotopic (exact) mass is 410 g/mol. The van der Waals surface area contributed by atoms with Gasteiger partial charge in [-0.15, -0.1) is 0 Å². The van der Waals surface area contributed by atoms with Crippen molar-refractivity contribution in [2.24, 2.45) is 0 Å². The molecule has 0 saturated carbocycles. The standard InChI is InChI=1S/C20H21Cl3N2O/c1-25(2)12-20(16-11-15(21)5-4-14(16)7-8-24-20)19(26)10-13-3-6-17(22)18(23)9-13/h3-6,9,11,24H,7-8,10,12H2,1-2H3. The number of likely N-dealkylation sites (N-methyl/N-ethyl adjacent to an activating group) is 1. The molecule has 6 heteroatoms. The van der Waals surface area contributed by atoms with E-state index in [1.165, 1.54) is 0 Å². The lowest BCUT2D eigenvalue weighted by molar-refractivity contribution is -0.126. The average molecular weight is 412 g/mol. The van der Waals surface area contributed by atoms with Crippen LogP contribution in [-0.4, -0.2) is 37.9 Å². The third-order valence-electron chi connectivity index (χ3n) is 4.73. The number of Topliss-reactive ketones (excluding diaryl/α,β-unsaturated/α-hetero) is 1. The van der Waals surface area contributed by atoms with Crippen molar-refractivity contribution in [2.45, 2.75) is 18.4 Å². The van der Waals surface area contributed by atoms with E-state index in [2.05, 4.69) is 5.32 Å². The van der Waals surface area contributed by atoms with E-state index in [9.17, 15) is 4.79 Å². The Balaban J connectivity index is 2.02. The summed E-state index contributed by atoms with van der Waals surface area (Å²) in [6.07, 6.45) is 1.14. The highest BCUT2D eigenvalue weighted by Crippen LogP contribution is 2.34. The lowest BCUT2D eigenvalue weighted by Gasteiger charge is -2.41. The van der Waals surface area contributed by atoms with E-state index in [1.54, 1.807) is 12.1 Å². The van der Waals surface area contributed by atoms with Gasteiger partial charge in [-0.05, 0) is 61.5 Å². The van der Waals surface area contributed by atoms with Crippen LogP contribution in [0.1, 0.15) is 16.7 Å². The zero-order valence-electron chi connectivity index (χ0n) is 14.8. The van der Waals surface area contributed by atoms with E-state index in [0.717, 1.165) is 29.7 Å². The van der Waals surface area contributed by atoms with Gasteiger partial charge in [0.25, 0.3) is 0 Å². The second-order valence-electron chi connectivity index (χ2n) is 6.97. The van der Waals surface area contributed by atoms with E-state index >= 15 is 0 Å². The largest absolute Gasteiger partial charge is 0.307 e. The van der Waals surface area contributed by atoms with E-state index in [-0.39, 0.29) is 12.2 Å². The number of nitrogens with one attached hydrogen (secondary N) is 1. The molecular formula is C20H21Cl3N2O. The number of carbonyl (C=O) groups excluding carboxylic acids is 1. The number of fused-ring (bicyclic) bond motifs is 1. The van der Waals surface area contributed by atoms with Crippen molar-refractivity contribution < 1.29 is 4.79 Å². The molecular weight excluding hydrogens is 391 g/mol. The number of ketones is 1. The summed E-state index contributed by atoms with van der Waals surface area (Å²) in [7, 11) is 3.93. The molecule has 0 aromatic heterocycles. The van der Waals surface area contributed by atoms with Crippen LogP contribution in [0, 0.1) is 0 Å². The quantitative estimate of drug-likeness (QED) is 0.793. The Kier molecular flexibility index (Phi) is 5.95. The minimum Gasteiger partial charge on any atom is -0.307 e. The van der Waals surface area contributed by atoms with Gasteiger partial charge in [0.05, 0.1) is 10.0 Å². The molecule has 1 heterocycles. The summed E-state index contributed by atoms with van der Waals surface area (Å²) in [5.41, 5.74) is 2.18. The number of benzene rings is 2. The lowest BCUT2D eigenvalue weighted by atomic mass is 9.77. The molecule has 138 valence electrons. The number of rotatable bonds is 5. The fraction of sp³-hybridized carbons (Fsp3) is 0.350. The van der Waals surface area contributed by atoms with Gasteiger partial charge in [-0.1, -0.05) is 46.9 Å². The zero-order chi connectivity index (χ0) is 18.9. The van der Waals surface area contributed by atoms with Crippen LogP contribution in [-0.2, 0) is 23.2 Å². The van der Waals surface area contributed by atoms with Crippen LogP contribution >= 0.6 is 34.8 Å². The van der Waals surface area contributed by atoms with Crippen LogP contribution in [0.4, 0.5) is 0 Å². The van der Waals surface area contributed by atoms with E-state index in [0.29, 0.717) is 21.6 Å². The van der Waals surface area contributed by atoms with Crippen molar-refractivity contribution in [3.05, 3.63) is 68.2 Å². The predicted molar refractivity (Wildman–Crippen MR) is 109 cm³/mol. The summed E-state index contributed by atoms with van der Waals surface area (Å²) in [5, 5.41) is 5.06. The first-order valence-electron chi connectivity index (χ1n) is 8.48. The van der Waals surface area contributed by atoms with E-state index in [4.69, 9.17) is 34.8 Å². The molecule has 0 saturated heterocycles. The van der Waals surface area contributed by atoms with Gasteiger partial charge in [0.15, 0.2) is 5.78 Å². The van der Waals surface area contributed by atoms with Gasteiger partial charge < -0.3 is 4.90 Å². The molecule has 1 unspecified atom stereocenters. The van der Waals surface area contributed by atoms with Crippen molar-refractivity contribution in [1.82, 2.24) is 10.2 Å². The van der Waals surface area contributed by atoms with Crippen LogP contribution in [0.25, 0.3) is 0 Å². The molecule has 2 aromatic carbocycles. The Hall–Kier alpha value is -1.10. The lowest BCUT2D eigenvalue weighted by Crippen LogP contribution is -2.58. The van der Waals surface area contributed by atoms with Gasteiger partial charge in [0.2, 0.25) is 0 Å². The summed E-state index contributed by atoms with van der Waals surface area (Å²) in [4.78, 5) is 15.5. The maximum atomic E-state index is 13.5. The fourth-order valence-electron chi connectivity index (χ4n) is 3.61. The fourth-order valence-corrected chi connectivity index (χ4v) is 4.10. The van der Waals surface area contributed by atoms with Crippen molar-refractivity contribution in [2.75, 3.05) is 27.2 Å². The topological polar surface area (TPSA) is 32.3 Å². The molecule has 0 spiro atoms. The van der Waals surface area contributed by atoms with E-state index < -0.39 is 5.54 Å².